The molecule has 32 heavy (non-hydrogen) atoms. The fourth-order valence-corrected chi connectivity index (χ4v) is 4.36. The van der Waals surface area contributed by atoms with E-state index in [1.165, 1.54) is 83.5 Å². The monoisotopic (exact) mass is 456 g/mol. The molecule has 0 radical (unpaired) electrons. The topological polar surface area (TPSA) is 90.0 Å². The Balaban J connectivity index is 3.37. The molecule has 0 saturated carbocycles. The van der Waals surface area contributed by atoms with E-state index >= 15 is 0 Å². The maximum Gasteiger partial charge on any atom is 0.0558 e. The number of aliphatic hydroxyl groups excluding tert-OH is 3. The van der Waals surface area contributed by atoms with Gasteiger partial charge in [-0.05, 0) is 76.9 Å². The minimum Gasteiger partial charge on any atom is -0.396 e. The van der Waals surface area contributed by atoms with E-state index < -0.39 is 0 Å². The van der Waals surface area contributed by atoms with Crippen LogP contribution in [0.5, 0.6) is 0 Å². The molecule has 0 saturated heterocycles. The summed E-state index contributed by atoms with van der Waals surface area (Å²) < 4.78 is 0. The smallest absolute Gasteiger partial charge is 0.0558 e. The predicted octanol–water partition coefficient (Wildman–Crippen LogP) is 5.03. The fraction of sp³-hybridized carbons (Fsp3) is 0.926. The Hall–Kier alpha value is -0.460. The molecule has 0 aromatic rings. The summed E-state index contributed by atoms with van der Waals surface area (Å²) in [4.78, 5) is 2.34. The highest BCUT2D eigenvalue weighted by Gasteiger charge is 2.07. The lowest BCUT2D eigenvalue weighted by molar-refractivity contribution is 0.192. The Morgan fingerprint density at radius 1 is 0.531 bits per heavy atom. The zero-order valence-electron chi connectivity index (χ0n) is 21.1. The third kappa shape index (κ3) is 22.7. The summed E-state index contributed by atoms with van der Waals surface area (Å²) in [5.74, 6) is 0.502. The van der Waals surface area contributed by atoms with Crippen LogP contribution in [0.25, 0.3) is 0 Å². The number of nitrogens with two attached hydrogens (primary N) is 1. The number of unbranched alkanes of at least 4 members (excludes halogenated alkanes) is 11. The molecule has 0 atom stereocenters. The first-order chi connectivity index (χ1) is 15.8. The molecule has 0 fully saturated rings. The normalized spacial score (nSPS) is 12.1. The second-order valence-electron chi connectivity index (χ2n) is 9.32. The van der Waals surface area contributed by atoms with Crippen LogP contribution in [-0.2, 0) is 0 Å². The summed E-state index contributed by atoms with van der Waals surface area (Å²) in [6, 6.07) is 0. The van der Waals surface area contributed by atoms with E-state index in [4.69, 9.17) is 21.1 Å². The van der Waals surface area contributed by atoms with Gasteiger partial charge in [0.1, 0.15) is 0 Å². The first kappa shape index (κ1) is 31.5. The van der Waals surface area contributed by atoms with Crippen LogP contribution in [0.4, 0.5) is 0 Å². The molecule has 5 N–H and O–H groups in total. The van der Waals surface area contributed by atoms with Gasteiger partial charge in [-0.15, -0.1) is 0 Å². The number of rotatable bonds is 26. The number of allylic oxidation sites excluding steroid dienone is 2. The van der Waals surface area contributed by atoms with Crippen LogP contribution >= 0.6 is 0 Å². The van der Waals surface area contributed by atoms with Crippen molar-refractivity contribution in [3.8, 4) is 0 Å². The lowest BCUT2D eigenvalue weighted by Crippen LogP contribution is -2.30. The Labute approximate surface area is 199 Å². The largest absolute Gasteiger partial charge is 0.396 e. The summed E-state index contributed by atoms with van der Waals surface area (Å²) >= 11 is 0. The molecule has 0 aliphatic heterocycles. The summed E-state index contributed by atoms with van der Waals surface area (Å²) in [6.45, 7) is 4.37. The van der Waals surface area contributed by atoms with Crippen LogP contribution < -0.4 is 5.73 Å². The zero-order valence-corrected chi connectivity index (χ0v) is 21.1. The zero-order chi connectivity index (χ0) is 23.5. The van der Waals surface area contributed by atoms with Crippen LogP contribution in [0, 0.1) is 5.92 Å². The predicted molar refractivity (Wildman–Crippen MR) is 138 cm³/mol. The highest BCUT2D eigenvalue weighted by Crippen LogP contribution is 2.18. The lowest BCUT2D eigenvalue weighted by Gasteiger charge is -2.20. The molecule has 0 aliphatic carbocycles. The van der Waals surface area contributed by atoms with Crippen molar-refractivity contribution in [2.75, 3.05) is 46.0 Å². The molecule has 0 aromatic heterocycles. The molecule has 0 amide bonds. The van der Waals surface area contributed by atoms with Gasteiger partial charge in [-0.25, -0.2) is 0 Å². The van der Waals surface area contributed by atoms with Crippen molar-refractivity contribution in [2.24, 2.45) is 11.7 Å². The van der Waals surface area contributed by atoms with Crippen LogP contribution in [0.3, 0.4) is 0 Å². The first-order valence-corrected chi connectivity index (χ1v) is 13.7. The fourth-order valence-electron chi connectivity index (χ4n) is 4.36. The average Bonchev–Trinajstić information content (AvgIpc) is 2.79. The van der Waals surface area contributed by atoms with Crippen molar-refractivity contribution in [1.29, 1.82) is 0 Å². The molecular formula is C27H56N2O3. The molecule has 5 heteroatoms. The SMILES string of the molecule is NCCCN(CCO)CCCCCCCC/C=C\CCCCCCCC(CCO)CCO. The lowest BCUT2D eigenvalue weighted by atomic mass is 9.95. The van der Waals surface area contributed by atoms with Gasteiger partial charge in [0, 0.05) is 19.8 Å². The Bertz CT molecular complexity index is 374. The van der Waals surface area contributed by atoms with E-state index in [9.17, 15) is 0 Å². The number of hydrogen-bond acceptors (Lipinski definition) is 5. The summed E-state index contributed by atoms with van der Waals surface area (Å²) in [5, 5.41) is 27.2. The van der Waals surface area contributed by atoms with Crippen molar-refractivity contribution in [3.63, 3.8) is 0 Å². The van der Waals surface area contributed by atoms with Gasteiger partial charge in [0.05, 0.1) is 6.61 Å². The molecular weight excluding hydrogens is 400 g/mol. The molecule has 0 bridgehead atoms. The van der Waals surface area contributed by atoms with E-state index in [0.717, 1.165) is 51.9 Å². The van der Waals surface area contributed by atoms with Gasteiger partial charge >= 0.3 is 0 Å². The van der Waals surface area contributed by atoms with E-state index in [2.05, 4.69) is 17.1 Å². The standard InChI is InChI=1S/C27H56N2O3/c28-20-16-22-29(23-26-32)21-15-13-11-9-7-5-3-1-2-4-6-8-10-12-14-17-27(18-24-30)19-25-31/h1-2,27,30-32H,3-26,28H2/b2-1-. The minimum atomic E-state index is 0.247. The quantitative estimate of drug-likeness (QED) is 0.108. The maximum atomic E-state index is 9.13. The molecule has 0 aliphatic rings. The van der Waals surface area contributed by atoms with Crippen molar-refractivity contribution >= 4 is 0 Å². The second kappa shape index (κ2) is 26.8. The molecule has 0 spiro atoms. The van der Waals surface area contributed by atoms with Gasteiger partial charge in [-0.3, -0.25) is 0 Å². The van der Waals surface area contributed by atoms with Gasteiger partial charge < -0.3 is 26.0 Å². The number of aliphatic hydroxyl groups is 3. The van der Waals surface area contributed by atoms with Crippen LogP contribution in [0.2, 0.25) is 0 Å². The third-order valence-electron chi connectivity index (χ3n) is 6.41. The molecule has 0 unspecified atom stereocenters. The van der Waals surface area contributed by atoms with Crippen molar-refractivity contribution in [2.45, 2.75) is 109 Å². The molecule has 0 rings (SSSR count). The molecule has 0 heterocycles. The molecule has 5 nitrogen and oxygen atoms in total. The Morgan fingerprint density at radius 2 is 1.03 bits per heavy atom. The van der Waals surface area contributed by atoms with Crippen molar-refractivity contribution < 1.29 is 15.3 Å². The average molecular weight is 457 g/mol. The third-order valence-corrected chi connectivity index (χ3v) is 6.41. The Kier molecular flexibility index (Phi) is 26.4. The van der Waals surface area contributed by atoms with Gasteiger partial charge in [0.15, 0.2) is 0 Å². The highest BCUT2D eigenvalue weighted by atomic mass is 16.3. The van der Waals surface area contributed by atoms with E-state index in [-0.39, 0.29) is 19.8 Å². The minimum absolute atomic E-state index is 0.247. The van der Waals surface area contributed by atoms with Gasteiger partial charge in [0.2, 0.25) is 0 Å². The van der Waals surface area contributed by atoms with Crippen molar-refractivity contribution in [1.82, 2.24) is 4.90 Å². The van der Waals surface area contributed by atoms with Crippen molar-refractivity contribution in [3.05, 3.63) is 12.2 Å². The van der Waals surface area contributed by atoms with E-state index in [0.29, 0.717) is 5.92 Å². The number of nitrogens with zero attached hydrogens (tertiary/aromatic N) is 1. The molecule has 192 valence electrons. The van der Waals surface area contributed by atoms with Crippen LogP contribution in [0.1, 0.15) is 109 Å². The maximum absolute atomic E-state index is 9.13. The van der Waals surface area contributed by atoms with Crippen LogP contribution in [0.15, 0.2) is 12.2 Å². The Morgan fingerprint density at radius 3 is 1.56 bits per heavy atom. The van der Waals surface area contributed by atoms with E-state index in [1.54, 1.807) is 0 Å². The first-order valence-electron chi connectivity index (χ1n) is 13.7. The number of hydrogen-bond donors (Lipinski definition) is 4. The molecule has 0 aromatic carbocycles. The van der Waals surface area contributed by atoms with Gasteiger partial charge in [0.25, 0.3) is 0 Å². The highest BCUT2D eigenvalue weighted by molar-refractivity contribution is 4.81. The second-order valence-corrected chi connectivity index (χ2v) is 9.32. The van der Waals surface area contributed by atoms with Crippen LogP contribution in [-0.4, -0.2) is 66.2 Å². The summed E-state index contributed by atoms with van der Waals surface area (Å²) in [7, 11) is 0. The summed E-state index contributed by atoms with van der Waals surface area (Å²) in [6.07, 6.45) is 25.3. The van der Waals surface area contributed by atoms with E-state index in [1.807, 2.05) is 0 Å². The van der Waals surface area contributed by atoms with Gasteiger partial charge in [-0.1, -0.05) is 69.9 Å². The summed E-state index contributed by atoms with van der Waals surface area (Å²) in [5.41, 5.74) is 5.58. The van der Waals surface area contributed by atoms with Gasteiger partial charge in [-0.2, -0.15) is 0 Å².